The van der Waals surface area contributed by atoms with Crippen LogP contribution < -0.4 is 10.6 Å². The van der Waals surface area contributed by atoms with Crippen LogP contribution in [0.25, 0.3) is 0 Å². The van der Waals surface area contributed by atoms with E-state index < -0.39 is 0 Å². The maximum Gasteiger partial charge on any atom is 0.224 e. The number of hydrogen-bond donors (Lipinski definition) is 3. The largest absolute Gasteiger partial charge is 0.394 e. The van der Waals surface area contributed by atoms with Gasteiger partial charge in [0.05, 0.1) is 18.3 Å². The third-order valence-corrected chi connectivity index (χ3v) is 3.09. The third kappa shape index (κ3) is 2.98. The Morgan fingerprint density at radius 2 is 2.29 bits per heavy atom. The van der Waals surface area contributed by atoms with Crippen LogP contribution in [-0.2, 0) is 0 Å². The van der Waals surface area contributed by atoms with Crippen molar-refractivity contribution in [1.82, 2.24) is 9.97 Å². The summed E-state index contributed by atoms with van der Waals surface area (Å²) in [5, 5.41) is 16.0. The van der Waals surface area contributed by atoms with Crippen molar-refractivity contribution in [3.63, 3.8) is 0 Å². The normalized spacial score (nSPS) is 16.6. The highest BCUT2D eigenvalue weighted by Crippen LogP contribution is 2.39. The lowest BCUT2D eigenvalue weighted by Crippen LogP contribution is -2.26. The summed E-state index contributed by atoms with van der Waals surface area (Å²) in [5.74, 6) is 1.15. The van der Waals surface area contributed by atoms with Crippen LogP contribution in [0.4, 0.5) is 11.8 Å². The quantitative estimate of drug-likeness (QED) is 0.725. The number of aromatic nitrogens is 2. The van der Waals surface area contributed by atoms with E-state index in [1.54, 1.807) is 6.20 Å². The summed E-state index contributed by atoms with van der Waals surface area (Å²) in [4.78, 5) is 8.40. The minimum Gasteiger partial charge on any atom is -0.394 e. The number of nitrogens with one attached hydrogen (secondary N) is 2. The fourth-order valence-corrected chi connectivity index (χ4v) is 1.64. The molecule has 1 aliphatic carbocycles. The molecule has 0 atom stereocenters. The van der Waals surface area contributed by atoms with E-state index in [-0.39, 0.29) is 12.1 Å². The Balaban J connectivity index is 2.09. The Kier molecular flexibility index (Phi) is 3.69. The summed E-state index contributed by atoms with van der Waals surface area (Å²) in [5.41, 5.74) is -0.222. The lowest BCUT2D eigenvalue weighted by atomic mass is 10.3. The molecule has 1 fully saturated rings. The zero-order valence-electron chi connectivity index (χ0n) is 9.83. The summed E-state index contributed by atoms with van der Waals surface area (Å²) < 4.78 is 0. The molecule has 3 N–H and O–H groups in total. The second-order valence-electron chi connectivity index (χ2n) is 4.38. The van der Waals surface area contributed by atoms with Crippen LogP contribution in [0.1, 0.15) is 26.2 Å². The SMILES string of the molecule is CCCNc1ncc(Cl)c(NC2(CO)CC2)n1. The van der Waals surface area contributed by atoms with Crippen molar-refractivity contribution in [3.8, 4) is 0 Å². The first kappa shape index (κ1) is 12.4. The number of halogens is 1. The Hall–Kier alpha value is -1.07. The van der Waals surface area contributed by atoms with Crippen molar-refractivity contribution < 1.29 is 5.11 Å². The van der Waals surface area contributed by atoms with Gasteiger partial charge in [-0.1, -0.05) is 18.5 Å². The molecular formula is C11H17ClN4O. The molecular weight excluding hydrogens is 240 g/mol. The lowest BCUT2D eigenvalue weighted by molar-refractivity contribution is 0.266. The number of nitrogens with zero attached hydrogens (tertiary/aromatic N) is 2. The van der Waals surface area contributed by atoms with Crippen molar-refractivity contribution in [2.45, 2.75) is 31.7 Å². The Bertz CT molecular complexity index is 395. The number of rotatable bonds is 6. The molecule has 1 aliphatic rings. The van der Waals surface area contributed by atoms with E-state index in [0.29, 0.717) is 16.8 Å². The molecule has 94 valence electrons. The summed E-state index contributed by atoms with van der Waals surface area (Å²) in [6, 6.07) is 0. The number of anilines is 2. The highest BCUT2D eigenvalue weighted by molar-refractivity contribution is 6.32. The maximum atomic E-state index is 9.25. The molecule has 0 aromatic carbocycles. The highest BCUT2D eigenvalue weighted by Gasteiger charge is 2.42. The summed E-state index contributed by atoms with van der Waals surface area (Å²) in [7, 11) is 0. The first-order chi connectivity index (χ1) is 8.19. The van der Waals surface area contributed by atoms with Gasteiger partial charge < -0.3 is 15.7 Å². The lowest BCUT2D eigenvalue weighted by Gasteiger charge is -2.16. The molecule has 5 nitrogen and oxygen atoms in total. The predicted molar refractivity (Wildman–Crippen MR) is 68.5 cm³/mol. The van der Waals surface area contributed by atoms with Gasteiger partial charge in [0.25, 0.3) is 0 Å². The molecule has 0 bridgehead atoms. The number of hydrogen-bond acceptors (Lipinski definition) is 5. The van der Waals surface area contributed by atoms with Crippen LogP contribution in [0.3, 0.4) is 0 Å². The van der Waals surface area contributed by atoms with Crippen molar-refractivity contribution in [2.75, 3.05) is 23.8 Å². The topological polar surface area (TPSA) is 70.1 Å². The van der Waals surface area contributed by atoms with E-state index in [1.807, 2.05) is 0 Å². The molecule has 1 aromatic heterocycles. The van der Waals surface area contributed by atoms with E-state index in [2.05, 4.69) is 27.5 Å². The standard InChI is InChI=1S/C11H17ClN4O/c1-2-5-13-10-14-6-8(12)9(15-10)16-11(7-17)3-4-11/h6,17H,2-5,7H2,1H3,(H2,13,14,15,16). The third-order valence-electron chi connectivity index (χ3n) is 2.82. The second kappa shape index (κ2) is 5.06. The summed E-state index contributed by atoms with van der Waals surface area (Å²) >= 11 is 6.02. The van der Waals surface area contributed by atoms with Crippen LogP contribution in [0, 0.1) is 0 Å². The second-order valence-corrected chi connectivity index (χ2v) is 4.79. The van der Waals surface area contributed by atoms with E-state index in [9.17, 15) is 5.11 Å². The molecule has 1 heterocycles. The van der Waals surface area contributed by atoms with Crippen molar-refractivity contribution >= 4 is 23.4 Å². The van der Waals surface area contributed by atoms with Gasteiger partial charge in [0.15, 0.2) is 5.82 Å². The van der Waals surface area contributed by atoms with Gasteiger partial charge in [0.1, 0.15) is 5.02 Å². The van der Waals surface area contributed by atoms with Gasteiger partial charge in [0, 0.05) is 6.54 Å². The molecule has 0 amide bonds. The molecule has 0 spiro atoms. The van der Waals surface area contributed by atoms with Gasteiger partial charge >= 0.3 is 0 Å². The van der Waals surface area contributed by atoms with Gasteiger partial charge in [-0.05, 0) is 19.3 Å². The zero-order chi connectivity index (χ0) is 12.3. The molecule has 0 radical (unpaired) electrons. The molecule has 2 rings (SSSR count). The average Bonchev–Trinajstić information content (AvgIpc) is 3.11. The van der Waals surface area contributed by atoms with Crippen LogP contribution in [0.15, 0.2) is 6.20 Å². The van der Waals surface area contributed by atoms with Crippen molar-refractivity contribution in [1.29, 1.82) is 0 Å². The molecule has 0 unspecified atom stereocenters. The maximum absolute atomic E-state index is 9.25. The van der Waals surface area contributed by atoms with Gasteiger partial charge in [-0.2, -0.15) is 4.98 Å². The van der Waals surface area contributed by atoms with E-state index >= 15 is 0 Å². The van der Waals surface area contributed by atoms with E-state index in [0.717, 1.165) is 25.8 Å². The first-order valence-electron chi connectivity index (χ1n) is 5.84. The van der Waals surface area contributed by atoms with Crippen LogP contribution in [0.5, 0.6) is 0 Å². The number of aliphatic hydroxyl groups is 1. The molecule has 0 aliphatic heterocycles. The van der Waals surface area contributed by atoms with E-state index in [1.165, 1.54) is 0 Å². The highest BCUT2D eigenvalue weighted by atomic mass is 35.5. The van der Waals surface area contributed by atoms with Crippen LogP contribution in [-0.4, -0.2) is 33.8 Å². The minimum absolute atomic E-state index is 0.102. The Morgan fingerprint density at radius 3 is 2.88 bits per heavy atom. The van der Waals surface area contributed by atoms with Gasteiger partial charge in [0.2, 0.25) is 5.95 Å². The van der Waals surface area contributed by atoms with Crippen molar-refractivity contribution in [2.24, 2.45) is 0 Å². The van der Waals surface area contributed by atoms with Crippen molar-refractivity contribution in [3.05, 3.63) is 11.2 Å². The van der Waals surface area contributed by atoms with Gasteiger partial charge in [-0.25, -0.2) is 4.98 Å². The fraction of sp³-hybridized carbons (Fsp3) is 0.636. The predicted octanol–water partition coefficient (Wildman–Crippen LogP) is 1.89. The molecule has 1 saturated carbocycles. The van der Waals surface area contributed by atoms with Crippen LogP contribution in [0.2, 0.25) is 5.02 Å². The van der Waals surface area contributed by atoms with Gasteiger partial charge in [-0.15, -0.1) is 0 Å². The fourth-order valence-electron chi connectivity index (χ4n) is 1.50. The van der Waals surface area contributed by atoms with E-state index in [4.69, 9.17) is 11.6 Å². The minimum atomic E-state index is -0.222. The average molecular weight is 257 g/mol. The van der Waals surface area contributed by atoms with Gasteiger partial charge in [-0.3, -0.25) is 0 Å². The smallest absolute Gasteiger partial charge is 0.224 e. The molecule has 17 heavy (non-hydrogen) atoms. The Morgan fingerprint density at radius 1 is 1.53 bits per heavy atom. The molecule has 0 saturated heterocycles. The molecule has 6 heteroatoms. The zero-order valence-corrected chi connectivity index (χ0v) is 10.6. The van der Waals surface area contributed by atoms with Crippen LogP contribution >= 0.6 is 11.6 Å². The number of aliphatic hydroxyl groups excluding tert-OH is 1. The Labute approximate surface area is 106 Å². The molecule has 1 aromatic rings. The first-order valence-corrected chi connectivity index (χ1v) is 6.22. The monoisotopic (exact) mass is 256 g/mol. The summed E-state index contributed by atoms with van der Waals surface area (Å²) in [6.45, 7) is 3.00. The summed E-state index contributed by atoms with van der Waals surface area (Å²) in [6.07, 6.45) is 4.47.